The molecule has 0 fully saturated rings. The number of hydrogen-bond donors (Lipinski definition) is 1. The molecular weight excluding hydrogens is 254 g/mol. The summed E-state index contributed by atoms with van der Waals surface area (Å²) in [4.78, 5) is 23.4. The summed E-state index contributed by atoms with van der Waals surface area (Å²) in [6, 6.07) is 13.9. The van der Waals surface area contributed by atoms with Gasteiger partial charge < -0.3 is 10.5 Å². The van der Waals surface area contributed by atoms with Gasteiger partial charge in [-0.15, -0.1) is 0 Å². The summed E-state index contributed by atoms with van der Waals surface area (Å²) in [6.45, 7) is 1.55. The summed E-state index contributed by atoms with van der Waals surface area (Å²) in [6.07, 6.45) is 0. The lowest BCUT2D eigenvalue weighted by Crippen LogP contribution is -2.09. The van der Waals surface area contributed by atoms with Gasteiger partial charge in [-0.05, 0) is 6.07 Å². The third-order valence-corrected chi connectivity index (χ3v) is 2.84. The first-order valence-electron chi connectivity index (χ1n) is 6.23. The van der Waals surface area contributed by atoms with Crippen LogP contribution in [-0.4, -0.2) is 11.8 Å². The molecule has 0 aliphatic carbocycles. The van der Waals surface area contributed by atoms with Crippen molar-refractivity contribution >= 4 is 11.8 Å². The van der Waals surface area contributed by atoms with Gasteiger partial charge in [0.15, 0.2) is 5.78 Å². The zero-order valence-corrected chi connectivity index (χ0v) is 11.1. The smallest absolute Gasteiger partial charge is 0.308 e. The maximum absolute atomic E-state index is 12.3. The van der Waals surface area contributed by atoms with Gasteiger partial charge in [0.2, 0.25) is 0 Å². The summed E-state index contributed by atoms with van der Waals surface area (Å²) in [5.74, 6) is -0.228. The lowest BCUT2D eigenvalue weighted by molar-refractivity contribution is -0.131. The molecule has 0 heterocycles. The number of carbonyl (C=O) groups is 2. The second-order valence-corrected chi connectivity index (χ2v) is 4.32. The summed E-state index contributed by atoms with van der Waals surface area (Å²) in [7, 11) is 0. The van der Waals surface area contributed by atoms with Crippen LogP contribution in [-0.2, 0) is 11.3 Å². The van der Waals surface area contributed by atoms with Crippen LogP contribution in [0.25, 0.3) is 0 Å². The fourth-order valence-corrected chi connectivity index (χ4v) is 1.87. The lowest BCUT2D eigenvalue weighted by Gasteiger charge is -2.09. The molecule has 2 rings (SSSR count). The normalized spacial score (nSPS) is 10.1. The Morgan fingerprint density at radius 2 is 1.75 bits per heavy atom. The third kappa shape index (κ3) is 3.10. The van der Waals surface area contributed by atoms with Crippen molar-refractivity contribution in [3.63, 3.8) is 0 Å². The van der Waals surface area contributed by atoms with Crippen molar-refractivity contribution in [1.29, 1.82) is 0 Å². The first-order valence-corrected chi connectivity index (χ1v) is 6.23. The van der Waals surface area contributed by atoms with Crippen LogP contribution in [0.4, 0.5) is 0 Å². The minimum atomic E-state index is -0.441. The predicted molar refractivity (Wildman–Crippen MR) is 75.5 cm³/mol. The Labute approximate surface area is 117 Å². The monoisotopic (exact) mass is 269 g/mol. The van der Waals surface area contributed by atoms with Gasteiger partial charge in [-0.2, -0.15) is 0 Å². The van der Waals surface area contributed by atoms with Gasteiger partial charge >= 0.3 is 5.97 Å². The first-order chi connectivity index (χ1) is 9.61. The molecule has 2 aromatic rings. The summed E-state index contributed by atoms with van der Waals surface area (Å²) >= 11 is 0. The largest absolute Gasteiger partial charge is 0.426 e. The predicted octanol–water partition coefficient (Wildman–Crippen LogP) is 2.30. The highest BCUT2D eigenvalue weighted by atomic mass is 16.5. The molecule has 0 saturated carbocycles. The van der Waals surface area contributed by atoms with Crippen molar-refractivity contribution in [3.05, 3.63) is 65.2 Å². The highest BCUT2D eigenvalue weighted by Gasteiger charge is 2.13. The number of nitrogens with two attached hydrogens (primary N) is 1. The molecule has 0 aliphatic heterocycles. The number of benzene rings is 2. The van der Waals surface area contributed by atoms with Crippen LogP contribution >= 0.6 is 0 Å². The van der Waals surface area contributed by atoms with E-state index in [4.69, 9.17) is 10.5 Å². The Balaban J connectivity index is 2.38. The molecule has 0 saturated heterocycles. The van der Waals surface area contributed by atoms with Crippen molar-refractivity contribution in [1.82, 2.24) is 0 Å². The van der Waals surface area contributed by atoms with E-state index in [2.05, 4.69) is 0 Å². The SMILES string of the molecule is CC(=O)Oc1cc(C(=O)c2ccccc2)ccc1CN. The van der Waals surface area contributed by atoms with E-state index in [1.54, 1.807) is 42.5 Å². The summed E-state index contributed by atoms with van der Waals surface area (Å²) in [5.41, 5.74) is 7.32. The Bertz CT molecular complexity index is 635. The maximum Gasteiger partial charge on any atom is 0.308 e. The van der Waals surface area contributed by atoms with Crippen molar-refractivity contribution in [3.8, 4) is 5.75 Å². The van der Waals surface area contributed by atoms with Gasteiger partial charge in [0, 0.05) is 30.2 Å². The molecule has 2 N–H and O–H groups in total. The van der Waals surface area contributed by atoms with Crippen LogP contribution in [0, 0.1) is 0 Å². The average Bonchev–Trinajstić information content (AvgIpc) is 2.46. The molecule has 4 nitrogen and oxygen atoms in total. The Kier molecular flexibility index (Phi) is 4.27. The van der Waals surface area contributed by atoms with Gasteiger partial charge in [-0.25, -0.2) is 0 Å². The highest BCUT2D eigenvalue weighted by molar-refractivity contribution is 6.09. The molecular formula is C16H15NO3. The number of ketones is 1. The summed E-state index contributed by atoms with van der Waals surface area (Å²) in [5, 5.41) is 0. The van der Waals surface area contributed by atoms with Crippen molar-refractivity contribution in [2.24, 2.45) is 5.73 Å². The van der Waals surface area contributed by atoms with E-state index in [-0.39, 0.29) is 12.3 Å². The molecule has 0 amide bonds. The molecule has 0 spiro atoms. The van der Waals surface area contributed by atoms with Crippen LogP contribution in [0.2, 0.25) is 0 Å². The van der Waals surface area contributed by atoms with Gasteiger partial charge in [-0.3, -0.25) is 9.59 Å². The van der Waals surface area contributed by atoms with Crippen molar-refractivity contribution in [2.75, 3.05) is 0 Å². The van der Waals surface area contributed by atoms with Gasteiger partial charge in [0.25, 0.3) is 0 Å². The second-order valence-electron chi connectivity index (χ2n) is 4.32. The molecule has 0 bridgehead atoms. The fraction of sp³-hybridized carbons (Fsp3) is 0.125. The van der Waals surface area contributed by atoms with Crippen LogP contribution in [0.3, 0.4) is 0 Å². The quantitative estimate of drug-likeness (QED) is 0.525. The minimum absolute atomic E-state index is 0.123. The van der Waals surface area contributed by atoms with E-state index >= 15 is 0 Å². The Morgan fingerprint density at radius 3 is 2.35 bits per heavy atom. The zero-order valence-electron chi connectivity index (χ0n) is 11.1. The Hall–Kier alpha value is -2.46. The molecule has 102 valence electrons. The summed E-state index contributed by atoms with van der Waals surface area (Å²) < 4.78 is 5.09. The van der Waals surface area contributed by atoms with E-state index in [1.165, 1.54) is 6.92 Å². The van der Waals surface area contributed by atoms with Gasteiger partial charge in [0.1, 0.15) is 5.75 Å². The van der Waals surface area contributed by atoms with Crippen LogP contribution in [0.5, 0.6) is 5.75 Å². The average molecular weight is 269 g/mol. The van der Waals surface area contributed by atoms with E-state index in [0.717, 1.165) is 0 Å². The minimum Gasteiger partial charge on any atom is -0.426 e. The van der Waals surface area contributed by atoms with Crippen LogP contribution < -0.4 is 10.5 Å². The van der Waals surface area contributed by atoms with E-state index in [9.17, 15) is 9.59 Å². The van der Waals surface area contributed by atoms with Crippen molar-refractivity contribution in [2.45, 2.75) is 13.5 Å². The fourth-order valence-electron chi connectivity index (χ4n) is 1.87. The number of esters is 1. The van der Waals surface area contributed by atoms with Gasteiger partial charge in [0.05, 0.1) is 0 Å². The number of hydrogen-bond acceptors (Lipinski definition) is 4. The van der Waals surface area contributed by atoms with E-state index in [1.807, 2.05) is 6.07 Å². The second kappa shape index (κ2) is 6.12. The molecule has 2 aromatic carbocycles. The van der Waals surface area contributed by atoms with Crippen LogP contribution in [0.15, 0.2) is 48.5 Å². The maximum atomic E-state index is 12.3. The van der Waals surface area contributed by atoms with Crippen LogP contribution in [0.1, 0.15) is 28.4 Å². The zero-order chi connectivity index (χ0) is 14.5. The molecule has 0 aliphatic rings. The molecule has 0 unspecified atom stereocenters. The van der Waals surface area contributed by atoms with Crippen molar-refractivity contribution < 1.29 is 14.3 Å². The van der Waals surface area contributed by atoms with E-state index in [0.29, 0.717) is 22.4 Å². The number of ether oxygens (including phenoxy) is 1. The molecule has 20 heavy (non-hydrogen) atoms. The topological polar surface area (TPSA) is 69.4 Å². The van der Waals surface area contributed by atoms with Gasteiger partial charge in [-0.1, -0.05) is 42.5 Å². The standard InChI is InChI=1S/C16H15NO3/c1-11(18)20-15-9-13(7-8-14(15)10-17)16(19)12-5-3-2-4-6-12/h2-9H,10,17H2,1H3. The molecule has 0 aromatic heterocycles. The lowest BCUT2D eigenvalue weighted by atomic mass is 10.0. The number of rotatable bonds is 4. The van der Waals surface area contributed by atoms with E-state index < -0.39 is 5.97 Å². The Morgan fingerprint density at radius 1 is 1.05 bits per heavy atom. The third-order valence-electron chi connectivity index (χ3n) is 2.84. The number of carbonyl (C=O) groups excluding carboxylic acids is 2. The first kappa shape index (κ1) is 14.0. The molecule has 4 heteroatoms. The molecule has 0 radical (unpaired) electrons. The highest BCUT2D eigenvalue weighted by Crippen LogP contribution is 2.22. The molecule has 0 atom stereocenters.